The number of carboxylic acids is 1. The van der Waals surface area contributed by atoms with Gasteiger partial charge in [0.2, 0.25) is 5.91 Å². The lowest BCUT2D eigenvalue weighted by Crippen LogP contribution is -2.55. The highest BCUT2D eigenvalue weighted by molar-refractivity contribution is 5.86. The number of piperazine rings is 1. The number of carboxylic acid groups (broad SMARTS) is 1. The Balaban J connectivity index is 2.56. The van der Waals surface area contributed by atoms with Crippen LogP contribution in [-0.4, -0.2) is 48.1 Å². The molecule has 1 heterocycles. The fourth-order valence-electron chi connectivity index (χ4n) is 1.05. The van der Waals surface area contributed by atoms with Gasteiger partial charge in [0, 0.05) is 6.54 Å². The first kappa shape index (κ1) is 8.00. The second-order valence-corrected chi connectivity index (χ2v) is 2.66. The van der Waals surface area contributed by atoms with Gasteiger partial charge >= 0.3 is 5.97 Å². The van der Waals surface area contributed by atoms with E-state index in [1.807, 2.05) is 0 Å². The quantitative estimate of drug-likeness (QED) is 0.487. The maximum Gasteiger partial charge on any atom is 0.327 e. The van der Waals surface area contributed by atoms with Crippen molar-refractivity contribution in [1.29, 1.82) is 0 Å². The zero-order chi connectivity index (χ0) is 8.43. The fourth-order valence-corrected chi connectivity index (χ4v) is 1.05. The predicted octanol–water partition coefficient (Wildman–Crippen LogP) is -1.50. The van der Waals surface area contributed by atoms with Gasteiger partial charge in [-0.15, -0.1) is 0 Å². The molecular weight excluding hydrogens is 148 g/mol. The lowest BCUT2D eigenvalue weighted by Gasteiger charge is -2.27. The van der Waals surface area contributed by atoms with E-state index in [9.17, 15) is 9.59 Å². The maximum absolute atomic E-state index is 10.8. The Hall–Kier alpha value is -1.10. The molecule has 1 fully saturated rings. The summed E-state index contributed by atoms with van der Waals surface area (Å²) in [6.07, 6.45) is 0. The summed E-state index contributed by atoms with van der Waals surface area (Å²) in [5, 5.41) is 10.9. The summed E-state index contributed by atoms with van der Waals surface area (Å²) in [6.45, 7) is 0.658. The van der Waals surface area contributed by atoms with Crippen molar-refractivity contribution in [3.63, 3.8) is 0 Å². The van der Waals surface area contributed by atoms with Crippen molar-refractivity contribution in [1.82, 2.24) is 10.2 Å². The summed E-state index contributed by atoms with van der Waals surface area (Å²) >= 11 is 0. The third kappa shape index (κ3) is 1.91. The van der Waals surface area contributed by atoms with E-state index < -0.39 is 12.0 Å². The summed E-state index contributed by atoms with van der Waals surface area (Å²) < 4.78 is 0. The number of nitrogens with one attached hydrogen (secondary N) is 1. The summed E-state index contributed by atoms with van der Waals surface area (Å²) in [5.74, 6) is -1.21. The first-order valence-electron chi connectivity index (χ1n) is 3.30. The minimum atomic E-state index is -0.982. The van der Waals surface area contributed by atoms with Gasteiger partial charge in [-0.05, 0) is 7.05 Å². The van der Waals surface area contributed by atoms with Gasteiger partial charge in [0.25, 0.3) is 0 Å². The van der Waals surface area contributed by atoms with Crippen molar-refractivity contribution in [3.05, 3.63) is 0 Å². The summed E-state index contributed by atoms with van der Waals surface area (Å²) in [7, 11) is 1.72. The molecule has 5 nitrogen and oxygen atoms in total. The third-order valence-electron chi connectivity index (χ3n) is 1.54. The molecule has 0 saturated carbocycles. The first-order valence-corrected chi connectivity index (χ1v) is 3.30. The number of nitrogens with zero attached hydrogens (tertiary/aromatic N) is 1. The second kappa shape index (κ2) is 2.87. The van der Waals surface area contributed by atoms with Crippen LogP contribution in [0.15, 0.2) is 0 Å². The molecule has 1 rings (SSSR count). The Bertz CT molecular complexity index is 192. The minimum Gasteiger partial charge on any atom is -0.480 e. The molecule has 2 N–H and O–H groups in total. The van der Waals surface area contributed by atoms with Crippen molar-refractivity contribution in [2.24, 2.45) is 0 Å². The molecule has 5 heteroatoms. The molecule has 0 spiro atoms. The largest absolute Gasteiger partial charge is 0.480 e. The van der Waals surface area contributed by atoms with Gasteiger partial charge in [0.05, 0.1) is 6.54 Å². The van der Waals surface area contributed by atoms with E-state index in [1.54, 1.807) is 11.9 Å². The lowest BCUT2D eigenvalue weighted by atomic mass is 10.2. The summed E-state index contributed by atoms with van der Waals surface area (Å²) in [5.41, 5.74) is 0. The van der Waals surface area contributed by atoms with Gasteiger partial charge in [-0.3, -0.25) is 9.69 Å². The smallest absolute Gasteiger partial charge is 0.327 e. The molecular formula is C6H10N2O3. The zero-order valence-corrected chi connectivity index (χ0v) is 6.20. The van der Waals surface area contributed by atoms with Gasteiger partial charge in [0.1, 0.15) is 6.04 Å². The van der Waals surface area contributed by atoms with Gasteiger partial charge in [-0.2, -0.15) is 0 Å². The molecule has 0 aliphatic carbocycles. The molecule has 62 valence electrons. The van der Waals surface area contributed by atoms with Gasteiger partial charge in [0.15, 0.2) is 0 Å². The Morgan fingerprint density at radius 1 is 1.82 bits per heavy atom. The van der Waals surface area contributed by atoms with E-state index in [4.69, 9.17) is 5.11 Å². The zero-order valence-electron chi connectivity index (χ0n) is 6.20. The standard InChI is InChI=1S/C6H10N2O3/c1-8-2-4(6(10)11)7-5(9)3-8/h4H,2-3H2,1H3,(H,7,9)(H,10,11)/t4-/m0/s1. The summed E-state index contributed by atoms with van der Waals surface area (Å²) in [4.78, 5) is 22.9. The third-order valence-corrected chi connectivity index (χ3v) is 1.54. The van der Waals surface area contributed by atoms with Crippen molar-refractivity contribution >= 4 is 11.9 Å². The van der Waals surface area contributed by atoms with E-state index >= 15 is 0 Å². The molecule has 0 unspecified atom stereocenters. The van der Waals surface area contributed by atoms with Crippen molar-refractivity contribution in [2.45, 2.75) is 6.04 Å². The van der Waals surface area contributed by atoms with E-state index in [2.05, 4.69) is 5.32 Å². The molecule has 1 amide bonds. The molecule has 1 aliphatic heterocycles. The molecule has 0 bridgehead atoms. The number of hydrogen-bond donors (Lipinski definition) is 2. The Morgan fingerprint density at radius 2 is 2.45 bits per heavy atom. The SMILES string of the molecule is CN1CC(=O)N[C@H](C(=O)O)C1. The number of carbonyl (C=O) groups excluding carboxylic acids is 1. The number of hydrogen-bond acceptors (Lipinski definition) is 3. The second-order valence-electron chi connectivity index (χ2n) is 2.66. The van der Waals surface area contributed by atoms with Gasteiger partial charge < -0.3 is 10.4 Å². The van der Waals surface area contributed by atoms with Gasteiger partial charge in [-0.1, -0.05) is 0 Å². The number of likely N-dealkylation sites (N-methyl/N-ethyl adjacent to an activating group) is 1. The van der Waals surface area contributed by atoms with Crippen LogP contribution in [0, 0.1) is 0 Å². The highest BCUT2D eigenvalue weighted by Crippen LogP contribution is 1.96. The molecule has 1 saturated heterocycles. The Kier molecular flexibility index (Phi) is 2.09. The molecule has 0 aromatic carbocycles. The molecule has 11 heavy (non-hydrogen) atoms. The van der Waals surface area contributed by atoms with Crippen LogP contribution in [0.5, 0.6) is 0 Å². The number of carbonyl (C=O) groups is 2. The highest BCUT2D eigenvalue weighted by atomic mass is 16.4. The van der Waals surface area contributed by atoms with Crippen molar-refractivity contribution in [2.75, 3.05) is 20.1 Å². The number of rotatable bonds is 1. The van der Waals surface area contributed by atoms with Crippen molar-refractivity contribution in [3.8, 4) is 0 Å². The van der Waals surface area contributed by atoms with Crippen LogP contribution in [0.1, 0.15) is 0 Å². The van der Waals surface area contributed by atoms with Gasteiger partial charge in [-0.25, -0.2) is 4.79 Å². The molecule has 1 atom stereocenters. The average Bonchev–Trinajstić information content (AvgIpc) is 1.85. The van der Waals surface area contributed by atoms with E-state index in [1.165, 1.54) is 0 Å². The number of amides is 1. The maximum atomic E-state index is 10.8. The van der Waals surface area contributed by atoms with E-state index in [0.717, 1.165) is 0 Å². The predicted molar refractivity (Wildman–Crippen MR) is 37.1 cm³/mol. The van der Waals surface area contributed by atoms with E-state index in [-0.39, 0.29) is 12.5 Å². The minimum absolute atomic E-state index is 0.230. The first-order chi connectivity index (χ1) is 5.09. The lowest BCUT2D eigenvalue weighted by molar-refractivity contribution is -0.144. The molecule has 0 aromatic heterocycles. The topological polar surface area (TPSA) is 69.6 Å². The number of aliphatic carboxylic acids is 1. The normalized spacial score (nSPS) is 26.3. The van der Waals surface area contributed by atoms with Crippen LogP contribution < -0.4 is 5.32 Å². The van der Waals surface area contributed by atoms with Crippen LogP contribution in [0.3, 0.4) is 0 Å². The Morgan fingerprint density at radius 3 is 2.91 bits per heavy atom. The molecule has 0 radical (unpaired) electrons. The van der Waals surface area contributed by atoms with Crippen LogP contribution >= 0.6 is 0 Å². The summed E-state index contributed by atoms with van der Waals surface area (Å²) in [6, 6.07) is -0.749. The molecule has 1 aliphatic rings. The Labute approximate surface area is 64.0 Å². The monoisotopic (exact) mass is 158 g/mol. The average molecular weight is 158 g/mol. The van der Waals surface area contributed by atoms with Crippen LogP contribution in [-0.2, 0) is 9.59 Å². The van der Waals surface area contributed by atoms with Crippen LogP contribution in [0.25, 0.3) is 0 Å². The van der Waals surface area contributed by atoms with Crippen LogP contribution in [0.2, 0.25) is 0 Å². The van der Waals surface area contributed by atoms with Crippen molar-refractivity contribution < 1.29 is 14.7 Å². The highest BCUT2D eigenvalue weighted by Gasteiger charge is 2.26. The fraction of sp³-hybridized carbons (Fsp3) is 0.667. The van der Waals surface area contributed by atoms with Crippen LogP contribution in [0.4, 0.5) is 0 Å². The molecule has 0 aromatic rings. The van der Waals surface area contributed by atoms with E-state index in [0.29, 0.717) is 6.54 Å².